The second-order valence-electron chi connectivity index (χ2n) is 4.73. The van der Waals surface area contributed by atoms with Gasteiger partial charge in [0.15, 0.2) is 0 Å². The highest BCUT2D eigenvalue weighted by Crippen LogP contribution is 2.23. The fourth-order valence-electron chi connectivity index (χ4n) is 1.95. The summed E-state index contributed by atoms with van der Waals surface area (Å²) in [6.45, 7) is 2.00. The third kappa shape index (κ3) is 3.88. The van der Waals surface area contributed by atoms with E-state index in [1.165, 1.54) is 25.3 Å². The predicted octanol–water partition coefficient (Wildman–Crippen LogP) is 1.16. The van der Waals surface area contributed by atoms with Crippen LogP contribution >= 0.6 is 0 Å². The quantitative estimate of drug-likeness (QED) is 0.696. The van der Waals surface area contributed by atoms with E-state index in [1.54, 1.807) is 6.07 Å². The van der Waals surface area contributed by atoms with Gasteiger partial charge in [0.05, 0.1) is 29.9 Å². The number of nitrogens with one attached hydrogen (secondary N) is 2. The molecule has 1 aromatic carbocycles. The zero-order chi connectivity index (χ0) is 17.0. The van der Waals surface area contributed by atoms with E-state index in [-0.39, 0.29) is 22.8 Å². The van der Waals surface area contributed by atoms with Gasteiger partial charge in [-0.2, -0.15) is 5.10 Å². The second-order valence-corrected chi connectivity index (χ2v) is 6.50. The van der Waals surface area contributed by atoms with E-state index in [0.717, 1.165) is 12.1 Å². The van der Waals surface area contributed by atoms with Crippen molar-refractivity contribution in [2.75, 3.05) is 7.11 Å². The van der Waals surface area contributed by atoms with E-state index in [2.05, 4.69) is 14.9 Å². The number of benzene rings is 1. The Balaban J connectivity index is 2.20. The minimum atomic E-state index is -3.80. The number of methoxy groups -OCH3 is 1. The molecule has 9 heteroatoms. The molecule has 0 unspecified atom stereocenters. The van der Waals surface area contributed by atoms with Crippen LogP contribution < -0.4 is 9.46 Å². The van der Waals surface area contributed by atoms with Crippen molar-refractivity contribution in [2.24, 2.45) is 0 Å². The van der Waals surface area contributed by atoms with Gasteiger partial charge >= 0.3 is 5.97 Å². The van der Waals surface area contributed by atoms with Crippen molar-refractivity contribution in [2.45, 2.75) is 24.8 Å². The number of nitrogens with zero attached hydrogens (tertiary/aromatic N) is 1. The molecule has 124 valence electrons. The number of H-pyrrole nitrogens is 1. The summed E-state index contributed by atoms with van der Waals surface area (Å²) in [4.78, 5) is 11.0. The van der Waals surface area contributed by atoms with Gasteiger partial charge in [0.2, 0.25) is 10.0 Å². The van der Waals surface area contributed by atoms with Crippen molar-refractivity contribution in [3.63, 3.8) is 0 Å². The van der Waals surface area contributed by atoms with Crippen molar-refractivity contribution in [1.82, 2.24) is 14.9 Å². The molecule has 0 radical (unpaired) electrons. The molecule has 0 aliphatic rings. The Morgan fingerprint density at radius 3 is 2.70 bits per heavy atom. The molecular formula is C14H17N3O5S. The van der Waals surface area contributed by atoms with Gasteiger partial charge in [-0.05, 0) is 24.6 Å². The van der Waals surface area contributed by atoms with Crippen LogP contribution in [0.25, 0.3) is 0 Å². The van der Waals surface area contributed by atoms with Crippen molar-refractivity contribution in [1.29, 1.82) is 0 Å². The molecule has 0 fully saturated rings. The number of ether oxygens (including phenoxy) is 1. The third-order valence-electron chi connectivity index (χ3n) is 3.21. The first kappa shape index (κ1) is 17.0. The monoisotopic (exact) mass is 339 g/mol. The molecule has 0 amide bonds. The van der Waals surface area contributed by atoms with E-state index in [0.29, 0.717) is 5.69 Å². The van der Waals surface area contributed by atoms with E-state index in [1.807, 2.05) is 6.92 Å². The molecule has 0 saturated heterocycles. The standard InChI is InChI=1S/C14H17N3O5S/c1-3-9-6-10(17-16-9)8-15-23(20,21)11-4-5-12(14(18)19)13(7-11)22-2/h4-7,15H,3,8H2,1-2H3,(H,16,17)(H,18,19). The number of carbonyl (C=O) groups is 1. The minimum Gasteiger partial charge on any atom is -0.496 e. The zero-order valence-electron chi connectivity index (χ0n) is 12.7. The van der Waals surface area contributed by atoms with Crippen molar-refractivity contribution < 1.29 is 23.1 Å². The first-order chi connectivity index (χ1) is 10.9. The number of hydrogen-bond acceptors (Lipinski definition) is 5. The number of rotatable bonds is 7. The molecule has 23 heavy (non-hydrogen) atoms. The highest BCUT2D eigenvalue weighted by Gasteiger charge is 2.19. The second kappa shape index (κ2) is 6.80. The number of sulfonamides is 1. The number of aromatic nitrogens is 2. The summed E-state index contributed by atoms with van der Waals surface area (Å²) < 4.78 is 31.9. The smallest absolute Gasteiger partial charge is 0.339 e. The van der Waals surface area contributed by atoms with Crippen LogP contribution in [0.5, 0.6) is 5.75 Å². The Morgan fingerprint density at radius 2 is 2.13 bits per heavy atom. The first-order valence-corrected chi connectivity index (χ1v) is 8.30. The lowest BCUT2D eigenvalue weighted by atomic mass is 10.2. The summed E-state index contributed by atoms with van der Waals surface area (Å²) in [7, 11) is -2.52. The largest absolute Gasteiger partial charge is 0.496 e. The van der Waals surface area contributed by atoms with Crippen LogP contribution in [0.3, 0.4) is 0 Å². The lowest BCUT2D eigenvalue weighted by Gasteiger charge is -2.09. The van der Waals surface area contributed by atoms with Gasteiger partial charge in [-0.15, -0.1) is 0 Å². The molecule has 0 saturated carbocycles. The number of aromatic amines is 1. The Morgan fingerprint density at radius 1 is 1.39 bits per heavy atom. The summed E-state index contributed by atoms with van der Waals surface area (Å²) in [6.07, 6.45) is 0.747. The molecule has 0 aliphatic heterocycles. The number of hydrogen-bond donors (Lipinski definition) is 3. The zero-order valence-corrected chi connectivity index (χ0v) is 13.5. The van der Waals surface area contributed by atoms with Gasteiger partial charge in [0.25, 0.3) is 0 Å². The summed E-state index contributed by atoms with van der Waals surface area (Å²) in [5, 5.41) is 15.8. The predicted molar refractivity (Wildman–Crippen MR) is 81.9 cm³/mol. The molecule has 0 bridgehead atoms. The number of aryl methyl sites for hydroxylation is 1. The number of aromatic carboxylic acids is 1. The van der Waals surface area contributed by atoms with Gasteiger partial charge < -0.3 is 9.84 Å². The third-order valence-corrected chi connectivity index (χ3v) is 4.61. The maximum atomic E-state index is 12.3. The van der Waals surface area contributed by atoms with Gasteiger partial charge in [-0.3, -0.25) is 5.10 Å². The molecule has 2 rings (SSSR count). The molecule has 0 spiro atoms. The highest BCUT2D eigenvalue weighted by molar-refractivity contribution is 7.89. The summed E-state index contributed by atoms with van der Waals surface area (Å²) in [5.74, 6) is -1.21. The molecule has 0 aliphatic carbocycles. The van der Waals surface area contributed by atoms with E-state index in [4.69, 9.17) is 9.84 Å². The number of carboxylic acid groups (broad SMARTS) is 1. The molecule has 3 N–H and O–H groups in total. The van der Waals surface area contributed by atoms with Crippen LogP contribution in [0.4, 0.5) is 0 Å². The molecule has 1 aromatic heterocycles. The summed E-state index contributed by atoms with van der Waals surface area (Å²) in [5.41, 5.74) is 1.37. The van der Waals surface area contributed by atoms with Gasteiger partial charge in [-0.1, -0.05) is 6.92 Å². The van der Waals surface area contributed by atoms with Crippen molar-refractivity contribution in [3.05, 3.63) is 41.2 Å². The van der Waals surface area contributed by atoms with E-state index < -0.39 is 16.0 Å². The lowest BCUT2D eigenvalue weighted by Crippen LogP contribution is -2.23. The van der Waals surface area contributed by atoms with E-state index >= 15 is 0 Å². The average molecular weight is 339 g/mol. The van der Waals surface area contributed by atoms with Crippen LogP contribution in [-0.2, 0) is 23.0 Å². The van der Waals surface area contributed by atoms with Crippen LogP contribution in [0.1, 0.15) is 28.7 Å². The van der Waals surface area contributed by atoms with Gasteiger partial charge in [0, 0.05) is 6.07 Å². The van der Waals surface area contributed by atoms with Crippen LogP contribution in [0, 0.1) is 0 Å². The average Bonchev–Trinajstić information content (AvgIpc) is 3.00. The van der Waals surface area contributed by atoms with Crippen molar-refractivity contribution >= 4 is 16.0 Å². The van der Waals surface area contributed by atoms with Crippen LogP contribution in [0.15, 0.2) is 29.2 Å². The minimum absolute atomic E-state index is 0.0183. The normalized spacial score (nSPS) is 11.4. The summed E-state index contributed by atoms with van der Waals surface area (Å²) >= 11 is 0. The first-order valence-electron chi connectivity index (χ1n) is 6.81. The Labute approximate surface area is 133 Å². The molecule has 0 atom stereocenters. The van der Waals surface area contributed by atoms with Crippen LogP contribution in [0.2, 0.25) is 0 Å². The SMILES string of the molecule is CCc1cc(CNS(=O)(=O)c2ccc(C(=O)O)c(OC)c2)[nH]n1. The Kier molecular flexibility index (Phi) is 5.02. The number of carboxylic acids is 1. The van der Waals surface area contributed by atoms with Gasteiger partial charge in [0.1, 0.15) is 11.3 Å². The Hall–Kier alpha value is -2.39. The van der Waals surface area contributed by atoms with E-state index in [9.17, 15) is 13.2 Å². The maximum Gasteiger partial charge on any atom is 0.339 e. The maximum absolute atomic E-state index is 12.3. The lowest BCUT2D eigenvalue weighted by molar-refractivity contribution is 0.0693. The fraction of sp³-hybridized carbons (Fsp3) is 0.286. The highest BCUT2D eigenvalue weighted by atomic mass is 32.2. The van der Waals surface area contributed by atoms with Crippen molar-refractivity contribution in [3.8, 4) is 5.75 Å². The topological polar surface area (TPSA) is 121 Å². The Bertz CT molecular complexity index is 814. The molecule has 1 heterocycles. The van der Waals surface area contributed by atoms with Gasteiger partial charge in [-0.25, -0.2) is 17.9 Å². The fourth-order valence-corrected chi connectivity index (χ4v) is 2.97. The summed E-state index contributed by atoms with van der Waals surface area (Å²) in [6, 6.07) is 5.37. The molecule has 2 aromatic rings. The molecule has 8 nitrogen and oxygen atoms in total. The van der Waals surface area contributed by atoms with Crippen LogP contribution in [-0.4, -0.2) is 36.8 Å². The molecular weight excluding hydrogens is 322 g/mol.